The van der Waals surface area contributed by atoms with E-state index in [0.717, 1.165) is 5.75 Å². The summed E-state index contributed by atoms with van der Waals surface area (Å²) >= 11 is 0. The Kier molecular flexibility index (Phi) is 5.90. The zero-order chi connectivity index (χ0) is 11.8. The van der Waals surface area contributed by atoms with Gasteiger partial charge in [-0.15, -0.1) is 0 Å². The summed E-state index contributed by atoms with van der Waals surface area (Å²) in [5.41, 5.74) is 0. The van der Waals surface area contributed by atoms with Crippen molar-refractivity contribution < 1.29 is 9.47 Å². The monoisotopic (exact) mass is 223 g/mol. The van der Waals surface area contributed by atoms with Crippen LogP contribution in [0.25, 0.3) is 0 Å². The lowest BCUT2D eigenvalue weighted by Crippen LogP contribution is -2.35. The van der Waals surface area contributed by atoms with Gasteiger partial charge in [0.1, 0.15) is 12.4 Å². The Morgan fingerprint density at radius 1 is 1.12 bits per heavy atom. The van der Waals surface area contributed by atoms with Gasteiger partial charge in [-0.2, -0.15) is 0 Å². The topological polar surface area (TPSA) is 30.5 Å². The minimum Gasteiger partial charge on any atom is -0.491 e. The number of hydrogen-bond acceptors (Lipinski definition) is 3. The highest BCUT2D eigenvalue weighted by Crippen LogP contribution is 2.08. The summed E-state index contributed by atoms with van der Waals surface area (Å²) in [5.74, 6) is 0.889. The maximum absolute atomic E-state index is 5.63. The van der Waals surface area contributed by atoms with Crippen molar-refractivity contribution in [1.82, 2.24) is 5.32 Å². The van der Waals surface area contributed by atoms with E-state index in [4.69, 9.17) is 9.47 Å². The first-order valence-corrected chi connectivity index (χ1v) is 5.70. The number of ether oxygens (including phenoxy) is 2. The average Bonchev–Trinajstić information content (AvgIpc) is 2.34. The SMILES string of the molecule is CNC(C)C(C)OCCOc1ccccc1. The Morgan fingerprint density at radius 2 is 1.81 bits per heavy atom. The molecule has 0 aliphatic rings. The molecule has 0 aliphatic heterocycles. The van der Waals surface area contributed by atoms with Crippen molar-refractivity contribution in [2.24, 2.45) is 0 Å². The highest BCUT2D eigenvalue weighted by molar-refractivity contribution is 5.20. The van der Waals surface area contributed by atoms with Crippen LogP contribution in [-0.2, 0) is 4.74 Å². The molecule has 0 heterocycles. The number of benzene rings is 1. The Bertz CT molecular complexity index is 277. The number of rotatable bonds is 7. The second-order valence-electron chi connectivity index (χ2n) is 3.81. The van der Waals surface area contributed by atoms with Crippen molar-refractivity contribution in [1.29, 1.82) is 0 Å². The smallest absolute Gasteiger partial charge is 0.119 e. The van der Waals surface area contributed by atoms with E-state index in [9.17, 15) is 0 Å². The molecule has 0 saturated heterocycles. The van der Waals surface area contributed by atoms with E-state index < -0.39 is 0 Å². The van der Waals surface area contributed by atoms with Crippen LogP contribution in [0.2, 0.25) is 0 Å². The molecule has 0 spiro atoms. The fraction of sp³-hybridized carbons (Fsp3) is 0.538. The molecule has 3 nitrogen and oxygen atoms in total. The third-order valence-corrected chi connectivity index (χ3v) is 2.64. The standard InChI is InChI=1S/C13H21NO2/c1-11(14-3)12(2)15-9-10-16-13-7-5-4-6-8-13/h4-8,11-12,14H,9-10H2,1-3H3. The molecule has 1 aromatic carbocycles. The first-order valence-electron chi connectivity index (χ1n) is 5.70. The summed E-state index contributed by atoms with van der Waals surface area (Å²) in [4.78, 5) is 0. The van der Waals surface area contributed by atoms with Crippen LogP contribution < -0.4 is 10.1 Å². The van der Waals surface area contributed by atoms with Crippen LogP contribution in [-0.4, -0.2) is 32.4 Å². The molecule has 0 fully saturated rings. The molecule has 3 heteroatoms. The van der Waals surface area contributed by atoms with Gasteiger partial charge in [0.05, 0.1) is 12.7 Å². The molecular formula is C13H21NO2. The van der Waals surface area contributed by atoms with Crippen molar-refractivity contribution in [2.75, 3.05) is 20.3 Å². The van der Waals surface area contributed by atoms with Crippen molar-refractivity contribution in [2.45, 2.75) is 26.0 Å². The number of likely N-dealkylation sites (N-methyl/N-ethyl adjacent to an activating group) is 1. The fourth-order valence-electron chi connectivity index (χ4n) is 1.29. The average molecular weight is 223 g/mol. The van der Waals surface area contributed by atoms with E-state index in [1.807, 2.05) is 37.4 Å². The Morgan fingerprint density at radius 3 is 2.44 bits per heavy atom. The van der Waals surface area contributed by atoms with Gasteiger partial charge in [-0.1, -0.05) is 18.2 Å². The molecule has 1 N–H and O–H groups in total. The van der Waals surface area contributed by atoms with E-state index in [1.54, 1.807) is 0 Å². The number of nitrogens with one attached hydrogen (secondary N) is 1. The fourth-order valence-corrected chi connectivity index (χ4v) is 1.29. The lowest BCUT2D eigenvalue weighted by atomic mass is 10.2. The van der Waals surface area contributed by atoms with Gasteiger partial charge in [0, 0.05) is 6.04 Å². The van der Waals surface area contributed by atoms with Gasteiger partial charge in [0.2, 0.25) is 0 Å². The second kappa shape index (κ2) is 7.25. The zero-order valence-electron chi connectivity index (χ0n) is 10.3. The maximum Gasteiger partial charge on any atom is 0.119 e. The van der Waals surface area contributed by atoms with Crippen LogP contribution >= 0.6 is 0 Å². The van der Waals surface area contributed by atoms with Crippen LogP contribution in [0.4, 0.5) is 0 Å². The first-order chi connectivity index (χ1) is 7.74. The predicted octanol–water partition coefficient (Wildman–Crippen LogP) is 2.08. The first kappa shape index (κ1) is 13.0. The van der Waals surface area contributed by atoms with E-state index in [-0.39, 0.29) is 6.10 Å². The summed E-state index contributed by atoms with van der Waals surface area (Å²) in [5, 5.41) is 3.16. The largest absolute Gasteiger partial charge is 0.491 e. The second-order valence-corrected chi connectivity index (χ2v) is 3.81. The predicted molar refractivity (Wildman–Crippen MR) is 65.9 cm³/mol. The maximum atomic E-state index is 5.63. The molecule has 0 aliphatic carbocycles. The Hall–Kier alpha value is -1.06. The lowest BCUT2D eigenvalue weighted by molar-refractivity contribution is 0.0273. The Balaban J connectivity index is 2.13. The van der Waals surface area contributed by atoms with E-state index in [1.165, 1.54) is 0 Å². The normalized spacial score (nSPS) is 14.4. The molecule has 0 amide bonds. The third kappa shape index (κ3) is 4.64. The summed E-state index contributed by atoms with van der Waals surface area (Å²) in [7, 11) is 1.94. The van der Waals surface area contributed by atoms with Crippen LogP contribution in [0, 0.1) is 0 Å². The summed E-state index contributed by atoms with van der Waals surface area (Å²) < 4.78 is 11.2. The van der Waals surface area contributed by atoms with Gasteiger partial charge in [-0.3, -0.25) is 0 Å². The molecule has 0 saturated carbocycles. The van der Waals surface area contributed by atoms with Crippen molar-refractivity contribution >= 4 is 0 Å². The number of para-hydroxylation sites is 1. The van der Waals surface area contributed by atoms with E-state index in [0.29, 0.717) is 19.3 Å². The van der Waals surface area contributed by atoms with Gasteiger partial charge in [-0.05, 0) is 33.0 Å². The highest BCUT2D eigenvalue weighted by atomic mass is 16.5. The van der Waals surface area contributed by atoms with E-state index in [2.05, 4.69) is 19.2 Å². The molecule has 0 radical (unpaired) electrons. The van der Waals surface area contributed by atoms with Crippen molar-refractivity contribution in [3.05, 3.63) is 30.3 Å². The molecule has 1 aromatic rings. The van der Waals surface area contributed by atoms with Gasteiger partial charge < -0.3 is 14.8 Å². The van der Waals surface area contributed by atoms with Crippen LogP contribution in [0.1, 0.15) is 13.8 Å². The van der Waals surface area contributed by atoms with Gasteiger partial charge in [0.25, 0.3) is 0 Å². The summed E-state index contributed by atoms with van der Waals surface area (Å²) in [6.45, 7) is 5.36. The van der Waals surface area contributed by atoms with Crippen molar-refractivity contribution in [3.63, 3.8) is 0 Å². The minimum absolute atomic E-state index is 0.198. The van der Waals surface area contributed by atoms with Crippen LogP contribution in [0.5, 0.6) is 5.75 Å². The lowest BCUT2D eigenvalue weighted by Gasteiger charge is -2.19. The summed E-state index contributed by atoms with van der Waals surface area (Å²) in [6.07, 6.45) is 0.198. The molecular weight excluding hydrogens is 202 g/mol. The Labute approximate surface area is 97.8 Å². The van der Waals surface area contributed by atoms with Crippen molar-refractivity contribution in [3.8, 4) is 5.75 Å². The zero-order valence-corrected chi connectivity index (χ0v) is 10.3. The quantitative estimate of drug-likeness (QED) is 0.718. The van der Waals surface area contributed by atoms with Gasteiger partial charge >= 0.3 is 0 Å². The van der Waals surface area contributed by atoms with E-state index >= 15 is 0 Å². The molecule has 90 valence electrons. The third-order valence-electron chi connectivity index (χ3n) is 2.64. The molecule has 1 rings (SSSR count). The molecule has 0 aromatic heterocycles. The molecule has 2 unspecified atom stereocenters. The molecule has 0 bridgehead atoms. The van der Waals surface area contributed by atoms with Gasteiger partial charge in [-0.25, -0.2) is 0 Å². The van der Waals surface area contributed by atoms with Gasteiger partial charge in [0.15, 0.2) is 0 Å². The van der Waals surface area contributed by atoms with Crippen LogP contribution in [0.15, 0.2) is 30.3 Å². The van der Waals surface area contributed by atoms with Crippen LogP contribution in [0.3, 0.4) is 0 Å². The minimum atomic E-state index is 0.198. The molecule has 2 atom stereocenters. The molecule has 16 heavy (non-hydrogen) atoms. The summed E-state index contributed by atoms with van der Waals surface area (Å²) in [6, 6.07) is 10.1. The highest BCUT2D eigenvalue weighted by Gasteiger charge is 2.09. The number of hydrogen-bond donors (Lipinski definition) is 1.